The molecule has 2 heterocycles. The van der Waals surface area contributed by atoms with Crippen LogP contribution in [0.15, 0.2) is 30.6 Å². The molecular weight excluding hydrogens is 314 g/mol. The molecule has 0 bridgehead atoms. The zero-order valence-electron chi connectivity index (χ0n) is 12.4. The number of nitrogens with one attached hydrogen (secondary N) is 1. The lowest BCUT2D eigenvalue weighted by molar-refractivity contribution is -0.142. The molecule has 2 N–H and O–H groups in total. The number of aromatic nitrogens is 2. The molecule has 7 heteroatoms. The molecule has 0 atom stereocenters. The largest absolute Gasteiger partial charge is 0.481 e. The predicted octanol–water partition coefficient (Wildman–Crippen LogP) is 2.58. The summed E-state index contributed by atoms with van der Waals surface area (Å²) in [6.07, 6.45) is 5.89. The highest BCUT2D eigenvalue weighted by Gasteiger charge is 2.27. The molecule has 6 nitrogen and oxygen atoms in total. The van der Waals surface area contributed by atoms with Crippen LogP contribution in [0.25, 0.3) is 10.7 Å². The van der Waals surface area contributed by atoms with Gasteiger partial charge in [0.2, 0.25) is 0 Å². The summed E-state index contributed by atoms with van der Waals surface area (Å²) in [6, 6.07) is 5.61. The summed E-state index contributed by atoms with van der Waals surface area (Å²) < 4.78 is 0. The van der Waals surface area contributed by atoms with Gasteiger partial charge in [-0.15, -0.1) is 11.3 Å². The van der Waals surface area contributed by atoms with E-state index in [1.807, 2.05) is 18.2 Å². The van der Waals surface area contributed by atoms with Crippen LogP contribution in [0.3, 0.4) is 0 Å². The van der Waals surface area contributed by atoms with E-state index in [4.69, 9.17) is 5.11 Å². The number of carbonyl (C=O) groups excluding carboxylic acids is 1. The number of hydrogen-bond donors (Lipinski definition) is 2. The van der Waals surface area contributed by atoms with E-state index in [2.05, 4.69) is 15.3 Å². The van der Waals surface area contributed by atoms with E-state index in [-0.39, 0.29) is 17.9 Å². The SMILES string of the molecule is O=C(NC1CCC(C(=O)O)CC1)c1cnc(-c2ccccn2)s1. The molecule has 2 aromatic rings. The van der Waals surface area contributed by atoms with Gasteiger partial charge in [0, 0.05) is 12.2 Å². The molecule has 1 aliphatic carbocycles. The summed E-state index contributed by atoms with van der Waals surface area (Å²) in [5.41, 5.74) is 0.749. The van der Waals surface area contributed by atoms with Crippen LogP contribution in [0.5, 0.6) is 0 Å². The molecule has 2 aromatic heterocycles. The number of thiazole rings is 1. The van der Waals surface area contributed by atoms with Gasteiger partial charge in [-0.25, -0.2) is 4.98 Å². The van der Waals surface area contributed by atoms with Crippen molar-refractivity contribution in [3.63, 3.8) is 0 Å². The molecule has 1 fully saturated rings. The number of rotatable bonds is 4. The minimum absolute atomic E-state index is 0.0403. The lowest BCUT2D eigenvalue weighted by Crippen LogP contribution is -2.38. The third-order valence-corrected chi connectivity index (χ3v) is 5.04. The molecule has 1 amide bonds. The van der Waals surface area contributed by atoms with Gasteiger partial charge in [-0.2, -0.15) is 0 Å². The standard InChI is InChI=1S/C16H17N3O3S/c20-14(19-11-6-4-10(5-7-11)16(21)22)13-9-18-15(23-13)12-3-1-2-8-17-12/h1-3,8-11H,4-7H2,(H,19,20)(H,21,22). The third-order valence-electron chi connectivity index (χ3n) is 4.03. The first-order valence-corrected chi connectivity index (χ1v) is 8.36. The Balaban J connectivity index is 1.59. The fraction of sp³-hybridized carbons (Fsp3) is 0.375. The summed E-state index contributed by atoms with van der Waals surface area (Å²) in [7, 11) is 0. The topological polar surface area (TPSA) is 92.2 Å². The van der Waals surface area contributed by atoms with Crippen LogP contribution in [0.2, 0.25) is 0 Å². The number of carbonyl (C=O) groups is 2. The first-order valence-electron chi connectivity index (χ1n) is 7.54. The molecule has 0 unspecified atom stereocenters. The van der Waals surface area contributed by atoms with Crippen LogP contribution in [0.1, 0.15) is 35.4 Å². The Morgan fingerprint density at radius 1 is 1.17 bits per heavy atom. The number of amides is 1. The van der Waals surface area contributed by atoms with Crippen molar-refractivity contribution in [1.29, 1.82) is 0 Å². The van der Waals surface area contributed by atoms with Gasteiger partial charge >= 0.3 is 5.97 Å². The van der Waals surface area contributed by atoms with Crippen LogP contribution >= 0.6 is 11.3 Å². The van der Waals surface area contributed by atoms with Crippen molar-refractivity contribution in [3.05, 3.63) is 35.5 Å². The van der Waals surface area contributed by atoms with E-state index in [1.54, 1.807) is 12.4 Å². The average molecular weight is 331 g/mol. The van der Waals surface area contributed by atoms with Crippen molar-refractivity contribution >= 4 is 23.2 Å². The van der Waals surface area contributed by atoms with Crippen LogP contribution in [-0.4, -0.2) is 33.0 Å². The molecule has 0 spiro atoms. The van der Waals surface area contributed by atoms with Crippen molar-refractivity contribution in [2.45, 2.75) is 31.7 Å². The van der Waals surface area contributed by atoms with Crippen molar-refractivity contribution < 1.29 is 14.7 Å². The van der Waals surface area contributed by atoms with Gasteiger partial charge in [-0.3, -0.25) is 14.6 Å². The van der Waals surface area contributed by atoms with Gasteiger partial charge in [0.1, 0.15) is 9.88 Å². The van der Waals surface area contributed by atoms with Crippen molar-refractivity contribution in [3.8, 4) is 10.7 Å². The Morgan fingerprint density at radius 3 is 2.61 bits per heavy atom. The quantitative estimate of drug-likeness (QED) is 0.898. The first kappa shape index (κ1) is 15.6. The van der Waals surface area contributed by atoms with E-state index >= 15 is 0 Å². The lowest BCUT2D eigenvalue weighted by atomic mass is 9.86. The lowest BCUT2D eigenvalue weighted by Gasteiger charge is -2.26. The van der Waals surface area contributed by atoms with E-state index in [1.165, 1.54) is 11.3 Å². The van der Waals surface area contributed by atoms with E-state index in [0.29, 0.717) is 35.6 Å². The van der Waals surface area contributed by atoms with E-state index in [0.717, 1.165) is 5.69 Å². The second kappa shape index (κ2) is 6.87. The summed E-state index contributed by atoms with van der Waals surface area (Å²) in [5, 5.41) is 12.7. The molecule has 23 heavy (non-hydrogen) atoms. The fourth-order valence-corrected chi connectivity index (χ4v) is 3.52. The smallest absolute Gasteiger partial charge is 0.306 e. The normalized spacial score (nSPS) is 20.9. The van der Waals surface area contributed by atoms with Crippen LogP contribution < -0.4 is 5.32 Å². The maximum absolute atomic E-state index is 12.3. The molecule has 0 aromatic carbocycles. The van der Waals surface area contributed by atoms with E-state index in [9.17, 15) is 9.59 Å². The Morgan fingerprint density at radius 2 is 1.96 bits per heavy atom. The van der Waals surface area contributed by atoms with Gasteiger partial charge in [-0.05, 0) is 37.8 Å². The van der Waals surface area contributed by atoms with Gasteiger partial charge in [0.05, 0.1) is 17.8 Å². The van der Waals surface area contributed by atoms with Crippen molar-refractivity contribution in [2.24, 2.45) is 5.92 Å². The first-order chi connectivity index (χ1) is 11.1. The molecule has 0 radical (unpaired) electrons. The number of carboxylic acids is 1. The summed E-state index contributed by atoms with van der Waals surface area (Å²) in [6.45, 7) is 0. The maximum atomic E-state index is 12.3. The minimum atomic E-state index is -0.739. The maximum Gasteiger partial charge on any atom is 0.306 e. The summed E-state index contributed by atoms with van der Waals surface area (Å²) >= 11 is 1.31. The highest BCUT2D eigenvalue weighted by molar-refractivity contribution is 7.16. The molecule has 1 aliphatic rings. The highest BCUT2D eigenvalue weighted by atomic mass is 32.1. The number of carboxylic acid groups (broad SMARTS) is 1. The van der Waals surface area contributed by atoms with Gasteiger partial charge in [0.15, 0.2) is 0 Å². The zero-order valence-corrected chi connectivity index (χ0v) is 13.3. The Bertz CT molecular complexity index is 694. The molecule has 120 valence electrons. The zero-order chi connectivity index (χ0) is 16.2. The monoisotopic (exact) mass is 331 g/mol. The van der Waals surface area contributed by atoms with E-state index < -0.39 is 5.97 Å². The molecule has 1 saturated carbocycles. The molecule has 3 rings (SSSR count). The fourth-order valence-electron chi connectivity index (χ4n) is 2.73. The van der Waals surface area contributed by atoms with Crippen LogP contribution in [0, 0.1) is 5.92 Å². The molecular formula is C16H17N3O3S. The van der Waals surface area contributed by atoms with Crippen LogP contribution in [0.4, 0.5) is 0 Å². The van der Waals surface area contributed by atoms with Gasteiger partial charge in [-0.1, -0.05) is 6.07 Å². The second-order valence-corrected chi connectivity index (χ2v) is 6.64. The number of pyridine rings is 1. The number of hydrogen-bond acceptors (Lipinski definition) is 5. The Hall–Kier alpha value is -2.28. The summed E-state index contributed by atoms with van der Waals surface area (Å²) in [5.74, 6) is -1.16. The van der Waals surface area contributed by atoms with Gasteiger partial charge < -0.3 is 10.4 Å². The molecule has 0 saturated heterocycles. The third kappa shape index (κ3) is 3.73. The predicted molar refractivity (Wildman–Crippen MR) is 86.2 cm³/mol. The highest BCUT2D eigenvalue weighted by Crippen LogP contribution is 2.26. The molecule has 0 aliphatic heterocycles. The average Bonchev–Trinajstić information content (AvgIpc) is 3.06. The summed E-state index contributed by atoms with van der Waals surface area (Å²) in [4.78, 5) is 32.3. The minimum Gasteiger partial charge on any atom is -0.481 e. The Labute approximate surface area is 137 Å². The second-order valence-electron chi connectivity index (χ2n) is 5.60. The Kier molecular flexibility index (Phi) is 4.66. The van der Waals surface area contributed by atoms with Crippen molar-refractivity contribution in [1.82, 2.24) is 15.3 Å². The number of aliphatic carboxylic acids is 1. The van der Waals surface area contributed by atoms with Crippen LogP contribution in [-0.2, 0) is 4.79 Å². The van der Waals surface area contributed by atoms with Crippen molar-refractivity contribution in [2.75, 3.05) is 0 Å². The van der Waals surface area contributed by atoms with Gasteiger partial charge in [0.25, 0.3) is 5.91 Å². The number of nitrogens with zero attached hydrogens (tertiary/aromatic N) is 2.